The van der Waals surface area contributed by atoms with Crippen molar-refractivity contribution in [1.29, 1.82) is 0 Å². The summed E-state index contributed by atoms with van der Waals surface area (Å²) in [5.74, 6) is -1.23. The van der Waals surface area contributed by atoms with Gasteiger partial charge in [0.1, 0.15) is 6.42 Å². The molecule has 0 saturated carbocycles. The summed E-state index contributed by atoms with van der Waals surface area (Å²) < 4.78 is 4.78. The third-order valence-electron chi connectivity index (χ3n) is 2.77. The molecule has 5 heteroatoms. The fraction of sp³-hybridized carbons (Fsp3) is 0.429. The van der Waals surface area contributed by atoms with Crippen LogP contribution in [0.3, 0.4) is 0 Å². The van der Waals surface area contributed by atoms with Gasteiger partial charge in [0.2, 0.25) is 0 Å². The Balaban J connectivity index is 2.94. The molecule has 0 fully saturated rings. The van der Waals surface area contributed by atoms with Crippen LogP contribution in [0.15, 0.2) is 18.2 Å². The molecule has 0 heterocycles. The molecule has 104 valence electrons. The Morgan fingerprint density at radius 1 is 1.21 bits per heavy atom. The summed E-state index contributed by atoms with van der Waals surface area (Å²) in [7, 11) is 0. The number of esters is 1. The molecule has 0 aliphatic carbocycles. The van der Waals surface area contributed by atoms with Crippen molar-refractivity contribution in [3.05, 3.63) is 33.8 Å². The number of rotatable bonds is 6. The molecule has 19 heavy (non-hydrogen) atoms. The molecule has 1 aromatic carbocycles. The van der Waals surface area contributed by atoms with Crippen LogP contribution in [-0.4, -0.2) is 18.4 Å². The highest BCUT2D eigenvalue weighted by Crippen LogP contribution is 2.34. The average molecular weight is 303 g/mol. The lowest BCUT2D eigenvalue weighted by atomic mass is 9.90. The van der Waals surface area contributed by atoms with Gasteiger partial charge in [0.15, 0.2) is 5.78 Å². The summed E-state index contributed by atoms with van der Waals surface area (Å²) in [6.07, 6.45) is 0.273. The zero-order valence-corrected chi connectivity index (χ0v) is 12.4. The maximum atomic E-state index is 12.1. The summed E-state index contributed by atoms with van der Waals surface area (Å²) in [5, 5.41) is 0.883. The molecule has 1 unspecified atom stereocenters. The summed E-state index contributed by atoms with van der Waals surface area (Å²) in [6, 6.07) is 5.09. The minimum absolute atomic E-state index is 0.226. The van der Waals surface area contributed by atoms with Crippen molar-refractivity contribution in [1.82, 2.24) is 0 Å². The number of hydrogen-bond acceptors (Lipinski definition) is 3. The summed E-state index contributed by atoms with van der Waals surface area (Å²) >= 11 is 12.2. The first-order valence-electron chi connectivity index (χ1n) is 6.13. The van der Waals surface area contributed by atoms with E-state index in [9.17, 15) is 9.59 Å². The van der Waals surface area contributed by atoms with E-state index in [1.165, 1.54) is 0 Å². The van der Waals surface area contributed by atoms with Crippen LogP contribution in [0.4, 0.5) is 0 Å². The van der Waals surface area contributed by atoms with Gasteiger partial charge in [-0.1, -0.05) is 36.2 Å². The Kier molecular flexibility index (Phi) is 6.32. The van der Waals surface area contributed by atoms with E-state index < -0.39 is 11.9 Å². The van der Waals surface area contributed by atoms with Gasteiger partial charge in [0.25, 0.3) is 0 Å². The van der Waals surface area contributed by atoms with Crippen LogP contribution >= 0.6 is 23.2 Å². The number of ether oxygens (including phenoxy) is 1. The van der Waals surface area contributed by atoms with Gasteiger partial charge in [-0.2, -0.15) is 0 Å². The average Bonchev–Trinajstić information content (AvgIpc) is 2.34. The molecule has 0 spiro atoms. The lowest BCUT2D eigenvalue weighted by Crippen LogP contribution is -2.18. The van der Waals surface area contributed by atoms with Crippen LogP contribution in [0.1, 0.15) is 38.2 Å². The zero-order valence-electron chi connectivity index (χ0n) is 10.9. The number of hydrogen-bond donors (Lipinski definition) is 0. The first-order valence-corrected chi connectivity index (χ1v) is 6.89. The third kappa shape index (κ3) is 4.22. The molecule has 1 rings (SSSR count). The highest BCUT2D eigenvalue weighted by atomic mass is 35.5. The van der Waals surface area contributed by atoms with E-state index in [4.69, 9.17) is 27.9 Å². The van der Waals surface area contributed by atoms with Crippen molar-refractivity contribution in [2.45, 2.75) is 32.6 Å². The number of halogens is 2. The van der Waals surface area contributed by atoms with Crippen LogP contribution in [0.2, 0.25) is 10.0 Å². The van der Waals surface area contributed by atoms with E-state index in [-0.39, 0.29) is 18.8 Å². The number of benzene rings is 1. The number of ketones is 1. The Hall–Kier alpha value is -1.06. The van der Waals surface area contributed by atoms with Crippen LogP contribution in [-0.2, 0) is 14.3 Å². The normalized spacial score (nSPS) is 12.0. The molecule has 0 bridgehead atoms. The second kappa shape index (κ2) is 7.51. The SMILES string of the molecule is CCOC(=O)CC(=O)C(CC)c1c(Cl)cccc1Cl. The van der Waals surface area contributed by atoms with Gasteiger partial charge in [0.05, 0.1) is 6.61 Å². The Morgan fingerprint density at radius 3 is 2.26 bits per heavy atom. The number of Topliss-reactive ketones (excluding diaryl/α,β-unsaturated/α-hetero) is 1. The van der Waals surface area contributed by atoms with Crippen molar-refractivity contribution in [3.63, 3.8) is 0 Å². The monoisotopic (exact) mass is 302 g/mol. The first-order chi connectivity index (χ1) is 9.01. The molecule has 0 aliphatic heterocycles. The molecule has 1 aromatic rings. The number of carbonyl (C=O) groups excluding carboxylic acids is 2. The van der Waals surface area contributed by atoms with Crippen LogP contribution in [0.5, 0.6) is 0 Å². The van der Waals surface area contributed by atoms with Crippen molar-refractivity contribution in [3.8, 4) is 0 Å². The van der Waals surface area contributed by atoms with E-state index in [0.29, 0.717) is 22.0 Å². The molecule has 0 amide bonds. The maximum Gasteiger partial charge on any atom is 0.313 e. The van der Waals surface area contributed by atoms with Gasteiger partial charge in [-0.25, -0.2) is 0 Å². The minimum atomic E-state index is -0.519. The molecule has 0 saturated heterocycles. The lowest BCUT2D eigenvalue weighted by molar-refractivity contribution is -0.145. The fourth-order valence-electron chi connectivity index (χ4n) is 1.91. The second-order valence-electron chi connectivity index (χ2n) is 4.04. The van der Waals surface area contributed by atoms with E-state index in [0.717, 1.165) is 0 Å². The molecular weight excluding hydrogens is 287 g/mol. The van der Waals surface area contributed by atoms with Crippen molar-refractivity contribution >= 4 is 35.0 Å². The van der Waals surface area contributed by atoms with E-state index in [1.54, 1.807) is 25.1 Å². The van der Waals surface area contributed by atoms with E-state index in [2.05, 4.69) is 0 Å². The topological polar surface area (TPSA) is 43.4 Å². The van der Waals surface area contributed by atoms with Gasteiger partial charge in [-0.05, 0) is 31.0 Å². The minimum Gasteiger partial charge on any atom is -0.466 e. The van der Waals surface area contributed by atoms with Gasteiger partial charge in [-0.15, -0.1) is 0 Å². The molecule has 3 nitrogen and oxygen atoms in total. The highest BCUT2D eigenvalue weighted by molar-refractivity contribution is 6.36. The quantitative estimate of drug-likeness (QED) is 0.589. The van der Waals surface area contributed by atoms with Crippen LogP contribution < -0.4 is 0 Å². The molecule has 0 aromatic heterocycles. The Bertz CT molecular complexity index is 452. The van der Waals surface area contributed by atoms with Gasteiger partial charge in [0, 0.05) is 16.0 Å². The summed E-state index contributed by atoms with van der Waals surface area (Å²) in [6.45, 7) is 3.81. The lowest BCUT2D eigenvalue weighted by Gasteiger charge is -2.16. The van der Waals surface area contributed by atoms with Crippen molar-refractivity contribution in [2.75, 3.05) is 6.61 Å². The highest BCUT2D eigenvalue weighted by Gasteiger charge is 2.25. The van der Waals surface area contributed by atoms with Crippen LogP contribution in [0, 0.1) is 0 Å². The largest absolute Gasteiger partial charge is 0.466 e. The van der Waals surface area contributed by atoms with Gasteiger partial charge >= 0.3 is 5.97 Å². The Morgan fingerprint density at radius 2 is 1.79 bits per heavy atom. The first kappa shape index (κ1) is 16.0. The molecular formula is C14H16Cl2O3. The third-order valence-corrected chi connectivity index (χ3v) is 3.43. The summed E-state index contributed by atoms with van der Waals surface area (Å²) in [4.78, 5) is 23.5. The van der Waals surface area contributed by atoms with E-state index >= 15 is 0 Å². The van der Waals surface area contributed by atoms with E-state index in [1.807, 2.05) is 6.92 Å². The van der Waals surface area contributed by atoms with Gasteiger partial charge < -0.3 is 4.74 Å². The standard InChI is InChI=1S/C14H16Cl2O3/c1-3-9(12(17)8-13(18)19-4-2)14-10(15)6-5-7-11(14)16/h5-7,9H,3-4,8H2,1-2H3. The fourth-order valence-corrected chi connectivity index (χ4v) is 2.57. The predicted molar refractivity (Wildman–Crippen MR) is 75.8 cm³/mol. The van der Waals surface area contributed by atoms with Crippen molar-refractivity contribution in [2.24, 2.45) is 0 Å². The molecule has 0 N–H and O–H groups in total. The second-order valence-corrected chi connectivity index (χ2v) is 4.86. The summed E-state index contributed by atoms with van der Waals surface area (Å²) in [5.41, 5.74) is 0.586. The van der Waals surface area contributed by atoms with Crippen LogP contribution in [0.25, 0.3) is 0 Å². The smallest absolute Gasteiger partial charge is 0.313 e. The van der Waals surface area contributed by atoms with Gasteiger partial charge in [-0.3, -0.25) is 9.59 Å². The Labute approximate surface area is 122 Å². The number of carbonyl (C=O) groups is 2. The molecule has 0 aliphatic rings. The predicted octanol–water partition coefficient (Wildman–Crippen LogP) is 4.01. The van der Waals surface area contributed by atoms with Crippen molar-refractivity contribution < 1.29 is 14.3 Å². The zero-order chi connectivity index (χ0) is 14.4. The molecule has 1 atom stereocenters. The molecule has 0 radical (unpaired) electrons. The maximum absolute atomic E-state index is 12.1.